The zero-order valence-electron chi connectivity index (χ0n) is 11.7. The lowest BCUT2D eigenvalue weighted by atomic mass is 10.1. The molecule has 0 heterocycles. The average molecular weight is 328 g/mol. The molecule has 2 nitrogen and oxygen atoms in total. The lowest BCUT2D eigenvalue weighted by molar-refractivity contribution is -0.137. The number of hydrogen-bond acceptors (Lipinski definition) is 1. The SMILES string of the molecule is CCc1ccc(C(=O)Nc2ccc(C(F)(F)F)cc2Cl)cc1. The van der Waals surface area contributed by atoms with Crippen LogP contribution in [0.15, 0.2) is 42.5 Å². The molecule has 2 aromatic carbocycles. The largest absolute Gasteiger partial charge is 0.416 e. The van der Waals surface area contributed by atoms with Crippen molar-refractivity contribution >= 4 is 23.2 Å². The molecule has 6 heteroatoms. The lowest BCUT2D eigenvalue weighted by Gasteiger charge is -2.11. The highest BCUT2D eigenvalue weighted by Crippen LogP contribution is 2.33. The number of nitrogens with one attached hydrogen (secondary N) is 1. The molecular weight excluding hydrogens is 315 g/mol. The van der Waals surface area contributed by atoms with Crippen LogP contribution in [0.3, 0.4) is 0 Å². The second-order valence-electron chi connectivity index (χ2n) is 4.70. The van der Waals surface area contributed by atoms with E-state index in [4.69, 9.17) is 11.6 Å². The number of rotatable bonds is 3. The number of carbonyl (C=O) groups excluding carboxylic acids is 1. The summed E-state index contributed by atoms with van der Waals surface area (Å²) in [6.45, 7) is 2.00. The highest BCUT2D eigenvalue weighted by atomic mass is 35.5. The zero-order chi connectivity index (χ0) is 16.3. The molecule has 0 atom stereocenters. The third-order valence-corrected chi connectivity index (χ3v) is 3.48. The van der Waals surface area contributed by atoms with Crippen molar-refractivity contribution in [3.05, 3.63) is 64.2 Å². The normalized spacial score (nSPS) is 11.3. The molecule has 0 fully saturated rings. The van der Waals surface area contributed by atoms with Crippen molar-refractivity contribution in [3.63, 3.8) is 0 Å². The topological polar surface area (TPSA) is 29.1 Å². The number of halogens is 4. The van der Waals surface area contributed by atoms with Crippen LogP contribution in [0.1, 0.15) is 28.4 Å². The molecule has 1 amide bonds. The molecule has 2 rings (SSSR count). The van der Waals surface area contributed by atoms with E-state index in [1.165, 1.54) is 0 Å². The number of alkyl halides is 3. The second-order valence-corrected chi connectivity index (χ2v) is 5.10. The Morgan fingerprint density at radius 1 is 1.14 bits per heavy atom. The number of aryl methyl sites for hydroxylation is 1. The molecule has 0 saturated heterocycles. The van der Waals surface area contributed by atoms with Crippen LogP contribution in [0, 0.1) is 0 Å². The first-order valence-corrected chi connectivity index (χ1v) is 6.96. The van der Waals surface area contributed by atoms with Crippen molar-refractivity contribution < 1.29 is 18.0 Å². The van der Waals surface area contributed by atoms with Crippen molar-refractivity contribution in [3.8, 4) is 0 Å². The molecule has 0 bridgehead atoms. The van der Waals surface area contributed by atoms with Crippen molar-refractivity contribution in [2.45, 2.75) is 19.5 Å². The highest BCUT2D eigenvalue weighted by Gasteiger charge is 2.31. The van der Waals surface area contributed by atoms with Crippen LogP contribution in [0.2, 0.25) is 5.02 Å². The van der Waals surface area contributed by atoms with Gasteiger partial charge in [0.2, 0.25) is 0 Å². The standard InChI is InChI=1S/C16H13ClF3NO/c1-2-10-3-5-11(6-4-10)15(22)21-14-8-7-12(9-13(14)17)16(18,19)20/h3-9H,2H2,1H3,(H,21,22). The fraction of sp³-hybridized carbons (Fsp3) is 0.188. The fourth-order valence-electron chi connectivity index (χ4n) is 1.88. The van der Waals surface area contributed by atoms with E-state index in [9.17, 15) is 18.0 Å². The Balaban J connectivity index is 2.17. The van der Waals surface area contributed by atoms with Gasteiger partial charge in [-0.25, -0.2) is 0 Å². The van der Waals surface area contributed by atoms with Gasteiger partial charge in [0.1, 0.15) is 0 Å². The van der Waals surface area contributed by atoms with Crippen molar-refractivity contribution in [1.29, 1.82) is 0 Å². The summed E-state index contributed by atoms with van der Waals surface area (Å²) in [6.07, 6.45) is -3.62. The quantitative estimate of drug-likeness (QED) is 0.827. The van der Waals surface area contributed by atoms with Gasteiger partial charge in [-0.05, 0) is 42.3 Å². The number of hydrogen-bond donors (Lipinski definition) is 1. The van der Waals surface area contributed by atoms with Crippen LogP contribution in [0.5, 0.6) is 0 Å². The first kappa shape index (κ1) is 16.4. The van der Waals surface area contributed by atoms with Crippen molar-refractivity contribution in [1.82, 2.24) is 0 Å². The minimum absolute atomic E-state index is 0.138. The molecule has 2 aromatic rings. The Hall–Kier alpha value is -2.01. The predicted molar refractivity (Wildman–Crippen MR) is 80.2 cm³/mol. The van der Waals surface area contributed by atoms with Gasteiger partial charge in [0.25, 0.3) is 5.91 Å². The molecule has 0 radical (unpaired) electrons. The van der Waals surface area contributed by atoms with Crippen molar-refractivity contribution in [2.24, 2.45) is 0 Å². The molecule has 0 aliphatic heterocycles. The van der Waals surface area contributed by atoms with E-state index < -0.39 is 17.6 Å². The van der Waals surface area contributed by atoms with E-state index in [1.807, 2.05) is 19.1 Å². The van der Waals surface area contributed by atoms with Gasteiger partial charge in [0, 0.05) is 5.56 Å². The Morgan fingerprint density at radius 2 is 1.77 bits per heavy atom. The van der Waals surface area contributed by atoms with Crippen molar-refractivity contribution in [2.75, 3.05) is 5.32 Å². The average Bonchev–Trinajstić information content (AvgIpc) is 2.48. The molecule has 0 saturated carbocycles. The summed E-state index contributed by atoms with van der Waals surface area (Å²) in [5, 5.41) is 2.35. The molecule has 0 spiro atoms. The summed E-state index contributed by atoms with van der Waals surface area (Å²) in [4.78, 5) is 12.1. The third-order valence-electron chi connectivity index (χ3n) is 3.17. The van der Waals surface area contributed by atoms with Gasteiger partial charge in [0.05, 0.1) is 16.3 Å². The summed E-state index contributed by atoms with van der Waals surface area (Å²) in [5.74, 6) is -0.427. The van der Waals surface area contributed by atoms with Gasteiger partial charge in [-0.2, -0.15) is 13.2 Å². The van der Waals surface area contributed by atoms with Crippen LogP contribution in [0.25, 0.3) is 0 Å². The Labute approximate surface area is 130 Å². The minimum atomic E-state index is -4.47. The number of amides is 1. The Kier molecular flexibility index (Phi) is 4.76. The highest BCUT2D eigenvalue weighted by molar-refractivity contribution is 6.34. The zero-order valence-corrected chi connectivity index (χ0v) is 12.4. The number of benzene rings is 2. The van der Waals surface area contributed by atoms with Crippen LogP contribution < -0.4 is 5.32 Å². The van der Waals surface area contributed by atoms with E-state index in [1.54, 1.807) is 12.1 Å². The molecule has 0 aliphatic carbocycles. The first-order valence-electron chi connectivity index (χ1n) is 6.58. The van der Waals surface area contributed by atoms with Crippen LogP contribution >= 0.6 is 11.6 Å². The minimum Gasteiger partial charge on any atom is -0.321 e. The van der Waals surface area contributed by atoms with Gasteiger partial charge >= 0.3 is 6.18 Å². The Morgan fingerprint density at radius 3 is 2.27 bits per heavy atom. The molecule has 0 aliphatic rings. The van der Waals surface area contributed by atoms with E-state index >= 15 is 0 Å². The molecular formula is C16H13ClF3NO. The molecule has 22 heavy (non-hydrogen) atoms. The van der Waals surface area contributed by atoms with E-state index in [0.29, 0.717) is 5.56 Å². The summed E-state index contributed by atoms with van der Waals surface area (Å²) in [7, 11) is 0. The summed E-state index contributed by atoms with van der Waals surface area (Å²) >= 11 is 5.80. The van der Waals surface area contributed by atoms with Gasteiger partial charge in [-0.3, -0.25) is 4.79 Å². The van der Waals surface area contributed by atoms with Gasteiger partial charge in [0.15, 0.2) is 0 Å². The van der Waals surface area contributed by atoms with E-state index in [2.05, 4.69) is 5.32 Å². The molecule has 116 valence electrons. The monoisotopic (exact) mass is 327 g/mol. The fourth-order valence-corrected chi connectivity index (χ4v) is 2.11. The van der Waals surface area contributed by atoms with Gasteiger partial charge in [-0.15, -0.1) is 0 Å². The summed E-state index contributed by atoms with van der Waals surface area (Å²) < 4.78 is 37.7. The first-order chi connectivity index (χ1) is 10.3. The molecule has 1 N–H and O–H groups in total. The summed E-state index contributed by atoms with van der Waals surface area (Å²) in [6, 6.07) is 9.77. The molecule has 0 unspecified atom stereocenters. The van der Waals surface area contributed by atoms with Gasteiger partial charge in [-0.1, -0.05) is 30.7 Å². The third kappa shape index (κ3) is 3.80. The van der Waals surface area contributed by atoms with Gasteiger partial charge < -0.3 is 5.32 Å². The Bertz CT molecular complexity index is 681. The maximum Gasteiger partial charge on any atom is 0.416 e. The van der Waals surface area contributed by atoms with E-state index in [0.717, 1.165) is 30.2 Å². The second kappa shape index (κ2) is 6.40. The maximum atomic E-state index is 12.6. The van der Waals surface area contributed by atoms with Crippen LogP contribution in [-0.2, 0) is 12.6 Å². The molecule has 0 aromatic heterocycles. The predicted octanol–water partition coefficient (Wildman–Crippen LogP) is 5.17. The number of anilines is 1. The summed E-state index contributed by atoms with van der Waals surface area (Å²) in [5.41, 5.74) is 0.777. The van der Waals surface area contributed by atoms with Crippen LogP contribution in [0.4, 0.5) is 18.9 Å². The van der Waals surface area contributed by atoms with E-state index in [-0.39, 0.29) is 10.7 Å². The lowest BCUT2D eigenvalue weighted by Crippen LogP contribution is -2.13. The smallest absolute Gasteiger partial charge is 0.321 e. The number of carbonyl (C=O) groups is 1. The van der Waals surface area contributed by atoms with Crippen LogP contribution in [-0.4, -0.2) is 5.91 Å². The maximum absolute atomic E-state index is 12.6.